The van der Waals surface area contributed by atoms with Crippen molar-refractivity contribution >= 4 is 0 Å². The van der Waals surface area contributed by atoms with Crippen LogP contribution in [-0.2, 0) is 0 Å². The molecule has 1 heterocycles. The van der Waals surface area contributed by atoms with Crippen LogP contribution in [0.5, 0.6) is 11.5 Å². The van der Waals surface area contributed by atoms with Gasteiger partial charge in [-0.05, 0) is 37.1 Å². The van der Waals surface area contributed by atoms with E-state index >= 15 is 0 Å². The predicted molar refractivity (Wildman–Crippen MR) is 81.9 cm³/mol. The molecule has 0 fully saturated rings. The molecule has 0 radical (unpaired) electrons. The number of hydrogen-bond donors (Lipinski definition) is 1. The molecule has 3 rings (SSSR count). The smallest absolute Gasteiger partial charge is 0.129 e. The van der Waals surface area contributed by atoms with E-state index in [0.717, 1.165) is 16.9 Å². The van der Waals surface area contributed by atoms with Gasteiger partial charge in [0.05, 0.1) is 13.2 Å². The number of hydrogen-bond acceptors (Lipinski definition) is 3. The number of aliphatic hydroxyl groups is 1. The molecule has 0 spiro atoms. The summed E-state index contributed by atoms with van der Waals surface area (Å²) in [4.78, 5) is 0. The number of benzene rings is 2. The average molecular weight is 284 g/mol. The van der Waals surface area contributed by atoms with Gasteiger partial charge in [-0.2, -0.15) is 0 Å². The Balaban J connectivity index is 1.96. The summed E-state index contributed by atoms with van der Waals surface area (Å²) in [6.07, 6.45) is -0.0611. The molecule has 1 aliphatic rings. The van der Waals surface area contributed by atoms with Crippen molar-refractivity contribution in [2.75, 3.05) is 7.11 Å². The average Bonchev–Trinajstić information content (AvgIpc) is 2.46. The molecule has 1 unspecified atom stereocenters. The van der Waals surface area contributed by atoms with Crippen LogP contribution in [0.3, 0.4) is 0 Å². The Morgan fingerprint density at radius 3 is 2.57 bits per heavy atom. The van der Waals surface area contributed by atoms with Gasteiger partial charge in [0, 0.05) is 18.1 Å². The van der Waals surface area contributed by atoms with Crippen LogP contribution in [0.1, 0.15) is 40.9 Å². The molecule has 110 valence electrons. The molecule has 2 aromatic carbocycles. The zero-order chi connectivity index (χ0) is 15.0. The summed E-state index contributed by atoms with van der Waals surface area (Å²) >= 11 is 0. The molecule has 0 aromatic heterocycles. The lowest BCUT2D eigenvalue weighted by Gasteiger charge is -2.31. The second-order valence-electron chi connectivity index (χ2n) is 5.62. The van der Waals surface area contributed by atoms with E-state index in [-0.39, 0.29) is 6.10 Å². The molecule has 0 bridgehead atoms. The van der Waals surface area contributed by atoms with E-state index in [0.29, 0.717) is 12.2 Å². The first-order valence-corrected chi connectivity index (χ1v) is 7.18. The van der Waals surface area contributed by atoms with Gasteiger partial charge in [0.1, 0.15) is 17.6 Å². The van der Waals surface area contributed by atoms with Crippen molar-refractivity contribution < 1.29 is 14.6 Å². The summed E-state index contributed by atoms with van der Waals surface area (Å²) in [6.45, 7) is 4.16. The zero-order valence-electron chi connectivity index (χ0n) is 12.6. The van der Waals surface area contributed by atoms with E-state index in [2.05, 4.69) is 32.0 Å². The molecular formula is C18H20O3. The van der Waals surface area contributed by atoms with Crippen molar-refractivity contribution in [1.82, 2.24) is 0 Å². The highest BCUT2D eigenvalue weighted by Gasteiger charge is 2.29. The molecule has 3 heteroatoms. The Hall–Kier alpha value is -2.00. The zero-order valence-corrected chi connectivity index (χ0v) is 12.6. The number of methoxy groups -OCH3 is 1. The molecule has 21 heavy (non-hydrogen) atoms. The van der Waals surface area contributed by atoms with Gasteiger partial charge in [0.15, 0.2) is 0 Å². The van der Waals surface area contributed by atoms with E-state index in [4.69, 9.17) is 9.47 Å². The van der Waals surface area contributed by atoms with Gasteiger partial charge in [0.25, 0.3) is 0 Å². The van der Waals surface area contributed by atoms with E-state index < -0.39 is 6.10 Å². The SMILES string of the molecule is COc1ccc2c(c1)OC(c1ccc(C)cc1C)C[C@@H]2O. The second-order valence-corrected chi connectivity index (χ2v) is 5.62. The summed E-state index contributed by atoms with van der Waals surface area (Å²) in [5.41, 5.74) is 4.39. The Morgan fingerprint density at radius 1 is 1.10 bits per heavy atom. The topological polar surface area (TPSA) is 38.7 Å². The summed E-state index contributed by atoms with van der Waals surface area (Å²) in [6, 6.07) is 11.9. The number of fused-ring (bicyclic) bond motifs is 1. The Kier molecular flexibility index (Phi) is 3.60. The normalized spacial score (nSPS) is 20.6. The highest BCUT2D eigenvalue weighted by molar-refractivity contribution is 5.44. The lowest BCUT2D eigenvalue weighted by atomic mass is 9.92. The highest BCUT2D eigenvalue weighted by atomic mass is 16.5. The van der Waals surface area contributed by atoms with Crippen molar-refractivity contribution in [2.24, 2.45) is 0 Å². The quantitative estimate of drug-likeness (QED) is 0.910. The molecule has 0 amide bonds. The summed E-state index contributed by atoms with van der Waals surface area (Å²) in [5, 5.41) is 10.4. The third kappa shape index (κ3) is 2.61. The van der Waals surface area contributed by atoms with E-state index in [1.165, 1.54) is 11.1 Å². The lowest BCUT2D eigenvalue weighted by Crippen LogP contribution is -2.19. The van der Waals surface area contributed by atoms with Crippen LogP contribution in [0, 0.1) is 13.8 Å². The summed E-state index contributed by atoms with van der Waals surface area (Å²) < 4.78 is 11.3. The third-order valence-electron chi connectivity index (χ3n) is 4.06. The van der Waals surface area contributed by atoms with Gasteiger partial charge in [-0.3, -0.25) is 0 Å². The molecule has 3 nitrogen and oxygen atoms in total. The molecule has 1 N–H and O–H groups in total. The lowest BCUT2D eigenvalue weighted by molar-refractivity contribution is 0.0652. The maximum absolute atomic E-state index is 10.4. The van der Waals surface area contributed by atoms with Crippen LogP contribution < -0.4 is 9.47 Å². The third-order valence-corrected chi connectivity index (χ3v) is 4.06. The first-order chi connectivity index (χ1) is 10.1. The standard InChI is InChI=1S/C18H20O3/c1-11-4-6-14(12(2)8-11)18-10-16(19)15-7-5-13(20-3)9-17(15)21-18/h4-9,16,18-19H,10H2,1-3H3/t16-,18?/m0/s1. The fourth-order valence-corrected chi connectivity index (χ4v) is 2.93. The van der Waals surface area contributed by atoms with Gasteiger partial charge in [0.2, 0.25) is 0 Å². The minimum Gasteiger partial charge on any atom is -0.497 e. The van der Waals surface area contributed by atoms with Gasteiger partial charge in [-0.15, -0.1) is 0 Å². The molecule has 0 saturated heterocycles. The number of aryl methyl sites for hydroxylation is 2. The van der Waals surface area contributed by atoms with E-state index in [1.807, 2.05) is 18.2 Å². The van der Waals surface area contributed by atoms with Crippen LogP contribution in [0.4, 0.5) is 0 Å². The van der Waals surface area contributed by atoms with Crippen LogP contribution in [0.15, 0.2) is 36.4 Å². The van der Waals surface area contributed by atoms with Gasteiger partial charge >= 0.3 is 0 Å². The fraction of sp³-hybridized carbons (Fsp3) is 0.333. The Bertz CT molecular complexity index is 664. The van der Waals surface area contributed by atoms with Gasteiger partial charge in [-0.1, -0.05) is 23.8 Å². The first-order valence-electron chi connectivity index (χ1n) is 7.18. The minimum absolute atomic E-state index is 0.125. The molecule has 2 atom stereocenters. The minimum atomic E-state index is -0.509. The van der Waals surface area contributed by atoms with Crippen LogP contribution in [0.25, 0.3) is 0 Å². The molecule has 0 aliphatic carbocycles. The summed E-state index contributed by atoms with van der Waals surface area (Å²) in [5.74, 6) is 1.44. The number of aliphatic hydroxyl groups excluding tert-OH is 1. The van der Waals surface area contributed by atoms with Crippen molar-refractivity contribution in [2.45, 2.75) is 32.5 Å². The first kappa shape index (κ1) is 14.0. The van der Waals surface area contributed by atoms with Gasteiger partial charge in [-0.25, -0.2) is 0 Å². The van der Waals surface area contributed by atoms with Crippen molar-refractivity contribution in [3.63, 3.8) is 0 Å². The van der Waals surface area contributed by atoms with Gasteiger partial charge < -0.3 is 14.6 Å². The number of ether oxygens (including phenoxy) is 2. The fourth-order valence-electron chi connectivity index (χ4n) is 2.93. The number of rotatable bonds is 2. The molecule has 0 saturated carbocycles. The second kappa shape index (κ2) is 5.41. The predicted octanol–water partition coefficient (Wildman–Crippen LogP) is 3.87. The van der Waals surface area contributed by atoms with E-state index in [1.54, 1.807) is 7.11 Å². The van der Waals surface area contributed by atoms with Crippen molar-refractivity contribution in [1.29, 1.82) is 0 Å². The molecular weight excluding hydrogens is 264 g/mol. The van der Waals surface area contributed by atoms with Crippen molar-refractivity contribution in [3.05, 3.63) is 58.7 Å². The van der Waals surface area contributed by atoms with E-state index in [9.17, 15) is 5.11 Å². The highest BCUT2D eigenvalue weighted by Crippen LogP contribution is 2.42. The maximum atomic E-state index is 10.4. The molecule has 2 aromatic rings. The van der Waals surface area contributed by atoms with Crippen LogP contribution in [-0.4, -0.2) is 12.2 Å². The Morgan fingerprint density at radius 2 is 1.86 bits per heavy atom. The monoisotopic (exact) mass is 284 g/mol. The van der Waals surface area contributed by atoms with Crippen LogP contribution >= 0.6 is 0 Å². The molecule has 1 aliphatic heterocycles. The summed E-state index contributed by atoms with van der Waals surface area (Å²) in [7, 11) is 1.63. The Labute approximate surface area is 125 Å². The van der Waals surface area contributed by atoms with Crippen molar-refractivity contribution in [3.8, 4) is 11.5 Å². The maximum Gasteiger partial charge on any atom is 0.129 e. The van der Waals surface area contributed by atoms with Crippen LogP contribution in [0.2, 0.25) is 0 Å². The largest absolute Gasteiger partial charge is 0.497 e.